The van der Waals surface area contributed by atoms with Crippen LogP contribution in [0.5, 0.6) is 0 Å². The highest BCUT2D eigenvalue weighted by molar-refractivity contribution is 6.30. The second kappa shape index (κ2) is 9.02. The summed E-state index contributed by atoms with van der Waals surface area (Å²) >= 11 is 5.91. The minimum absolute atomic E-state index is 0.0384. The first-order chi connectivity index (χ1) is 15.0. The molecule has 31 heavy (non-hydrogen) atoms. The number of piperazine rings is 1. The van der Waals surface area contributed by atoms with Gasteiger partial charge in [-0.25, -0.2) is 9.97 Å². The van der Waals surface area contributed by atoms with Gasteiger partial charge in [-0.2, -0.15) is 0 Å². The van der Waals surface area contributed by atoms with E-state index in [2.05, 4.69) is 13.8 Å². The third kappa shape index (κ3) is 4.39. The van der Waals surface area contributed by atoms with E-state index in [1.807, 2.05) is 18.2 Å². The number of amides is 2. The molecule has 160 valence electrons. The lowest BCUT2D eigenvalue weighted by molar-refractivity contribution is 0.0535. The lowest BCUT2D eigenvalue weighted by Crippen LogP contribution is -2.50. The predicted molar refractivity (Wildman–Crippen MR) is 122 cm³/mol. The van der Waals surface area contributed by atoms with Gasteiger partial charge in [0.25, 0.3) is 11.8 Å². The van der Waals surface area contributed by atoms with Gasteiger partial charge in [-0.05, 0) is 55.3 Å². The molecular formula is C24H25ClN4O2. The van der Waals surface area contributed by atoms with E-state index >= 15 is 0 Å². The minimum Gasteiger partial charge on any atom is -0.335 e. The van der Waals surface area contributed by atoms with Crippen molar-refractivity contribution in [2.75, 3.05) is 26.2 Å². The summed E-state index contributed by atoms with van der Waals surface area (Å²) < 4.78 is 0. The number of fused-ring (bicyclic) bond motifs is 1. The van der Waals surface area contributed by atoms with E-state index in [1.54, 1.807) is 34.1 Å². The lowest BCUT2D eigenvalue weighted by Gasteiger charge is -2.35. The number of carbonyl (C=O) groups is 2. The maximum atomic E-state index is 13.1. The summed E-state index contributed by atoms with van der Waals surface area (Å²) in [4.78, 5) is 38.7. The Morgan fingerprint density at radius 2 is 1.26 bits per heavy atom. The fourth-order valence-electron chi connectivity index (χ4n) is 3.90. The minimum atomic E-state index is -0.0418. The van der Waals surface area contributed by atoms with Crippen LogP contribution in [0.2, 0.25) is 5.02 Å². The quantitative estimate of drug-likeness (QED) is 0.619. The maximum absolute atomic E-state index is 13.1. The molecule has 3 aromatic rings. The fourth-order valence-corrected chi connectivity index (χ4v) is 4.02. The highest BCUT2D eigenvalue weighted by Gasteiger charge is 2.25. The Hall–Kier alpha value is -2.99. The van der Waals surface area contributed by atoms with Gasteiger partial charge in [0.15, 0.2) is 0 Å². The monoisotopic (exact) mass is 436 g/mol. The molecule has 4 rings (SSSR count). The topological polar surface area (TPSA) is 66.4 Å². The summed E-state index contributed by atoms with van der Waals surface area (Å²) in [5.74, 6) is -0.0801. The number of hydrogen-bond acceptors (Lipinski definition) is 4. The Kier molecular flexibility index (Phi) is 6.18. The van der Waals surface area contributed by atoms with Crippen molar-refractivity contribution < 1.29 is 9.59 Å². The first-order valence-corrected chi connectivity index (χ1v) is 11.0. The summed E-state index contributed by atoms with van der Waals surface area (Å²) in [5.41, 5.74) is 4.76. The molecule has 1 aromatic heterocycles. The standard InChI is InChI=1S/C24H25ClN4O2/c1-3-19-20(4-2)27-22-15-17(7-10-21(22)26-19)24(31)29-13-11-28(12-14-29)23(30)16-5-8-18(25)9-6-16/h5-10,15H,3-4,11-14H2,1-2H3. The van der Waals surface area contributed by atoms with Crippen molar-refractivity contribution in [1.82, 2.24) is 19.8 Å². The number of benzene rings is 2. The molecule has 1 saturated heterocycles. The van der Waals surface area contributed by atoms with Crippen LogP contribution in [0.1, 0.15) is 46.0 Å². The van der Waals surface area contributed by atoms with Crippen LogP contribution in [0.4, 0.5) is 0 Å². The van der Waals surface area contributed by atoms with E-state index in [1.165, 1.54) is 0 Å². The van der Waals surface area contributed by atoms with Gasteiger partial charge < -0.3 is 9.80 Å². The number of carbonyl (C=O) groups excluding carboxylic acids is 2. The van der Waals surface area contributed by atoms with Crippen LogP contribution in [-0.2, 0) is 12.8 Å². The van der Waals surface area contributed by atoms with Gasteiger partial charge in [0, 0.05) is 42.3 Å². The second-order valence-corrected chi connectivity index (χ2v) is 8.06. The smallest absolute Gasteiger partial charge is 0.254 e. The van der Waals surface area contributed by atoms with Gasteiger partial charge in [-0.15, -0.1) is 0 Å². The zero-order chi connectivity index (χ0) is 22.0. The molecule has 0 spiro atoms. The van der Waals surface area contributed by atoms with Crippen molar-refractivity contribution in [2.45, 2.75) is 26.7 Å². The zero-order valence-corrected chi connectivity index (χ0v) is 18.5. The number of aryl methyl sites for hydroxylation is 2. The van der Waals surface area contributed by atoms with E-state index in [4.69, 9.17) is 21.6 Å². The number of halogens is 1. The van der Waals surface area contributed by atoms with Crippen LogP contribution in [0, 0.1) is 0 Å². The Labute approximate surface area is 186 Å². The highest BCUT2D eigenvalue weighted by Crippen LogP contribution is 2.19. The largest absolute Gasteiger partial charge is 0.335 e. The summed E-state index contributed by atoms with van der Waals surface area (Å²) in [7, 11) is 0. The first-order valence-electron chi connectivity index (χ1n) is 10.6. The normalized spacial score (nSPS) is 14.2. The van der Waals surface area contributed by atoms with E-state index in [-0.39, 0.29) is 11.8 Å². The third-order valence-corrected chi connectivity index (χ3v) is 5.93. The Morgan fingerprint density at radius 1 is 0.774 bits per heavy atom. The fraction of sp³-hybridized carbons (Fsp3) is 0.333. The average Bonchev–Trinajstić information content (AvgIpc) is 2.82. The van der Waals surface area contributed by atoms with Crippen LogP contribution in [0.3, 0.4) is 0 Å². The summed E-state index contributed by atoms with van der Waals surface area (Å²) in [6.07, 6.45) is 1.65. The molecule has 0 saturated carbocycles. The van der Waals surface area contributed by atoms with Crippen LogP contribution in [0.15, 0.2) is 42.5 Å². The molecule has 0 N–H and O–H groups in total. The summed E-state index contributed by atoms with van der Waals surface area (Å²) in [5, 5.41) is 0.601. The first kappa shape index (κ1) is 21.2. The number of aromatic nitrogens is 2. The van der Waals surface area contributed by atoms with Crippen LogP contribution >= 0.6 is 11.6 Å². The molecule has 0 unspecified atom stereocenters. The molecule has 1 aliphatic rings. The molecule has 7 heteroatoms. The van der Waals surface area contributed by atoms with Crippen molar-refractivity contribution in [1.29, 1.82) is 0 Å². The van der Waals surface area contributed by atoms with E-state index < -0.39 is 0 Å². The van der Waals surface area contributed by atoms with Crippen LogP contribution in [-0.4, -0.2) is 57.8 Å². The van der Waals surface area contributed by atoms with E-state index in [0.717, 1.165) is 35.3 Å². The van der Waals surface area contributed by atoms with Gasteiger partial charge in [-0.1, -0.05) is 25.4 Å². The molecule has 0 aliphatic carbocycles. The Morgan fingerprint density at radius 3 is 1.81 bits per heavy atom. The van der Waals surface area contributed by atoms with E-state index in [0.29, 0.717) is 42.3 Å². The SMILES string of the molecule is CCc1nc2ccc(C(=O)N3CCN(C(=O)c4ccc(Cl)cc4)CC3)cc2nc1CC. The molecule has 1 aliphatic heterocycles. The molecule has 2 aromatic carbocycles. The molecular weight excluding hydrogens is 412 g/mol. The number of rotatable bonds is 4. The van der Waals surface area contributed by atoms with Crippen molar-refractivity contribution in [2.24, 2.45) is 0 Å². The molecule has 0 atom stereocenters. The average molecular weight is 437 g/mol. The number of hydrogen-bond donors (Lipinski definition) is 0. The summed E-state index contributed by atoms with van der Waals surface area (Å²) in [6.45, 7) is 6.13. The Balaban J connectivity index is 1.46. The molecule has 0 bridgehead atoms. The molecule has 2 heterocycles. The van der Waals surface area contributed by atoms with Crippen molar-refractivity contribution in [3.63, 3.8) is 0 Å². The molecule has 0 radical (unpaired) electrons. The maximum Gasteiger partial charge on any atom is 0.254 e. The third-order valence-electron chi connectivity index (χ3n) is 5.68. The van der Waals surface area contributed by atoms with Gasteiger partial charge >= 0.3 is 0 Å². The van der Waals surface area contributed by atoms with Gasteiger partial charge in [0.2, 0.25) is 0 Å². The van der Waals surface area contributed by atoms with Crippen LogP contribution < -0.4 is 0 Å². The Bertz CT molecular complexity index is 1120. The molecule has 6 nitrogen and oxygen atoms in total. The van der Waals surface area contributed by atoms with Gasteiger partial charge in [-0.3, -0.25) is 9.59 Å². The number of nitrogens with zero attached hydrogens (tertiary/aromatic N) is 4. The van der Waals surface area contributed by atoms with E-state index in [9.17, 15) is 9.59 Å². The van der Waals surface area contributed by atoms with Crippen molar-refractivity contribution >= 4 is 34.4 Å². The zero-order valence-electron chi connectivity index (χ0n) is 17.8. The van der Waals surface area contributed by atoms with Gasteiger partial charge in [0.1, 0.15) is 0 Å². The highest BCUT2D eigenvalue weighted by atomic mass is 35.5. The van der Waals surface area contributed by atoms with Crippen molar-refractivity contribution in [3.05, 3.63) is 70.0 Å². The van der Waals surface area contributed by atoms with Gasteiger partial charge in [0.05, 0.1) is 22.4 Å². The van der Waals surface area contributed by atoms with Crippen molar-refractivity contribution in [3.8, 4) is 0 Å². The molecule has 2 amide bonds. The second-order valence-electron chi connectivity index (χ2n) is 7.62. The lowest BCUT2D eigenvalue weighted by atomic mass is 10.1. The summed E-state index contributed by atoms with van der Waals surface area (Å²) in [6, 6.07) is 12.4. The molecule has 1 fully saturated rings. The van der Waals surface area contributed by atoms with Crippen LogP contribution in [0.25, 0.3) is 11.0 Å². The predicted octanol–water partition coefficient (Wildman–Crippen LogP) is 4.01.